The molecule has 0 saturated heterocycles. The topological polar surface area (TPSA) is 12.9 Å². The lowest BCUT2D eigenvalue weighted by Gasteiger charge is -1.62. The molecule has 0 amide bonds. The molecule has 38 valence electrons. The second-order valence-corrected chi connectivity index (χ2v) is 2.48. The third kappa shape index (κ3) is 1.11. The van der Waals surface area contributed by atoms with E-state index >= 15 is 0 Å². The van der Waals surface area contributed by atoms with Gasteiger partial charge in [0.1, 0.15) is 0 Å². The Balaban J connectivity index is 3.04. The molecule has 1 nitrogen and oxygen atoms in total. The van der Waals surface area contributed by atoms with Crippen LogP contribution in [0.25, 0.3) is 0 Å². The molecule has 0 aliphatic carbocycles. The molecule has 0 unspecified atom stereocenters. The molecular weight excluding hydrogens is 137 g/mol. The summed E-state index contributed by atoms with van der Waals surface area (Å²) in [4.78, 5) is 3.43. The number of aromatic nitrogens is 1. The highest BCUT2D eigenvalue weighted by atomic mass is 35.5. The van der Waals surface area contributed by atoms with Crippen molar-refractivity contribution < 1.29 is 4.39 Å². The van der Waals surface area contributed by atoms with Crippen LogP contribution in [-0.2, 0) is 0 Å². The van der Waals surface area contributed by atoms with Crippen LogP contribution < -0.4 is 0 Å². The lowest BCUT2D eigenvalue weighted by molar-refractivity contribution is 0.653. The number of hydrogen-bond donors (Lipinski definition) is 0. The summed E-state index contributed by atoms with van der Waals surface area (Å²) in [6.45, 7) is 0. The van der Waals surface area contributed by atoms with Gasteiger partial charge in [-0.05, 0) is 0 Å². The highest BCUT2D eigenvalue weighted by Crippen LogP contribution is 2.14. The molecular formula is C3HClFNS. The van der Waals surface area contributed by atoms with Gasteiger partial charge >= 0.3 is 0 Å². The van der Waals surface area contributed by atoms with Crippen LogP contribution in [0.5, 0.6) is 0 Å². The minimum Gasteiger partial charge on any atom is -0.230 e. The summed E-state index contributed by atoms with van der Waals surface area (Å²) >= 11 is 6.06. The van der Waals surface area contributed by atoms with Crippen molar-refractivity contribution >= 4 is 22.9 Å². The summed E-state index contributed by atoms with van der Waals surface area (Å²) in [5, 5.41) is -0.343. The van der Waals surface area contributed by atoms with Gasteiger partial charge in [-0.1, -0.05) is 22.9 Å². The zero-order chi connectivity index (χ0) is 5.28. The van der Waals surface area contributed by atoms with Crippen molar-refractivity contribution in [2.45, 2.75) is 0 Å². The van der Waals surface area contributed by atoms with Crippen molar-refractivity contribution in [2.75, 3.05) is 0 Å². The molecule has 0 fully saturated rings. The molecule has 0 aromatic carbocycles. The van der Waals surface area contributed by atoms with Gasteiger partial charge in [0.25, 0.3) is 0 Å². The van der Waals surface area contributed by atoms with E-state index in [1.54, 1.807) is 0 Å². The van der Waals surface area contributed by atoms with Crippen LogP contribution in [0.15, 0.2) is 6.20 Å². The van der Waals surface area contributed by atoms with Gasteiger partial charge in [-0.3, -0.25) is 0 Å². The van der Waals surface area contributed by atoms with Crippen molar-refractivity contribution in [3.8, 4) is 0 Å². The lowest BCUT2D eigenvalue weighted by Crippen LogP contribution is -1.51. The average Bonchev–Trinajstić information content (AvgIpc) is 1.87. The summed E-state index contributed by atoms with van der Waals surface area (Å²) in [5.74, 6) is 0. The van der Waals surface area contributed by atoms with Gasteiger partial charge in [-0.25, -0.2) is 4.98 Å². The third-order valence-electron chi connectivity index (χ3n) is 0.449. The molecule has 4 heteroatoms. The molecule has 0 atom stereocenters. The number of thiazole rings is 1. The van der Waals surface area contributed by atoms with Crippen LogP contribution in [0, 0.1) is 5.13 Å². The second-order valence-electron chi connectivity index (χ2n) is 0.917. The van der Waals surface area contributed by atoms with E-state index in [0.717, 1.165) is 17.5 Å². The van der Waals surface area contributed by atoms with E-state index in [2.05, 4.69) is 4.98 Å². The number of nitrogens with zero attached hydrogens (tertiary/aromatic N) is 1. The molecule has 1 heterocycles. The molecule has 1 aromatic heterocycles. The van der Waals surface area contributed by atoms with E-state index in [9.17, 15) is 4.39 Å². The first kappa shape index (κ1) is 5.00. The smallest absolute Gasteiger partial charge is 0.197 e. The van der Waals surface area contributed by atoms with Crippen LogP contribution in [0.2, 0.25) is 4.47 Å². The first-order chi connectivity index (χ1) is 3.29. The maximum absolute atomic E-state index is 11.8. The SMILES string of the molecule is Fc1cnc(Cl)s1. The Kier molecular flexibility index (Phi) is 1.25. The summed E-state index contributed by atoms with van der Waals surface area (Å²) in [6, 6.07) is 0. The van der Waals surface area contributed by atoms with E-state index in [0.29, 0.717) is 0 Å². The largest absolute Gasteiger partial charge is 0.230 e. The van der Waals surface area contributed by atoms with Crippen LogP contribution in [0.3, 0.4) is 0 Å². The molecule has 0 aliphatic heterocycles. The average molecular weight is 138 g/mol. The normalized spacial score (nSPS) is 9.43. The highest BCUT2D eigenvalue weighted by molar-refractivity contribution is 7.14. The fourth-order valence-electron chi connectivity index (χ4n) is 0.235. The summed E-state index contributed by atoms with van der Waals surface area (Å²) < 4.78 is 12.0. The molecule has 0 saturated carbocycles. The van der Waals surface area contributed by atoms with Gasteiger partial charge in [0.05, 0.1) is 6.20 Å². The number of rotatable bonds is 0. The molecule has 7 heavy (non-hydrogen) atoms. The monoisotopic (exact) mass is 137 g/mol. The summed E-state index contributed by atoms with van der Waals surface area (Å²) in [5.41, 5.74) is 0. The Labute approximate surface area is 48.8 Å². The molecule has 0 bridgehead atoms. The minimum absolute atomic E-state index is 0.248. The highest BCUT2D eigenvalue weighted by Gasteiger charge is 1.92. The molecule has 0 aliphatic rings. The zero-order valence-corrected chi connectivity index (χ0v) is 4.76. The molecule has 0 radical (unpaired) electrons. The van der Waals surface area contributed by atoms with E-state index < -0.39 is 0 Å². The molecule has 0 spiro atoms. The quantitative estimate of drug-likeness (QED) is 0.533. The number of halogens is 2. The molecule has 1 rings (SSSR count). The van der Waals surface area contributed by atoms with E-state index in [1.807, 2.05) is 0 Å². The van der Waals surface area contributed by atoms with Gasteiger partial charge in [-0.2, -0.15) is 4.39 Å². The molecule has 1 aromatic rings. The van der Waals surface area contributed by atoms with Crippen LogP contribution in [-0.4, -0.2) is 4.98 Å². The van der Waals surface area contributed by atoms with E-state index in [-0.39, 0.29) is 9.60 Å². The Morgan fingerprint density at radius 3 is 2.71 bits per heavy atom. The van der Waals surface area contributed by atoms with Crippen LogP contribution in [0.4, 0.5) is 4.39 Å². The van der Waals surface area contributed by atoms with Crippen molar-refractivity contribution in [1.82, 2.24) is 4.98 Å². The van der Waals surface area contributed by atoms with Gasteiger partial charge in [0.2, 0.25) is 0 Å². The maximum atomic E-state index is 11.8. The van der Waals surface area contributed by atoms with Crippen LogP contribution in [0.1, 0.15) is 0 Å². The van der Waals surface area contributed by atoms with Gasteiger partial charge in [0.15, 0.2) is 9.60 Å². The minimum atomic E-state index is -0.343. The van der Waals surface area contributed by atoms with Crippen LogP contribution >= 0.6 is 22.9 Å². The van der Waals surface area contributed by atoms with Gasteiger partial charge < -0.3 is 0 Å². The summed E-state index contributed by atoms with van der Waals surface area (Å²) in [6.07, 6.45) is 1.09. The van der Waals surface area contributed by atoms with E-state index in [4.69, 9.17) is 11.6 Å². The zero-order valence-electron chi connectivity index (χ0n) is 3.19. The fraction of sp³-hybridized carbons (Fsp3) is 0. The fourth-order valence-corrected chi connectivity index (χ4v) is 0.876. The second kappa shape index (κ2) is 1.76. The Bertz CT molecular complexity index is 147. The van der Waals surface area contributed by atoms with Crippen molar-refractivity contribution in [3.05, 3.63) is 15.8 Å². The van der Waals surface area contributed by atoms with Crippen molar-refractivity contribution in [1.29, 1.82) is 0 Å². The van der Waals surface area contributed by atoms with Gasteiger partial charge in [0, 0.05) is 0 Å². The third-order valence-corrected chi connectivity index (χ3v) is 1.35. The Morgan fingerprint density at radius 2 is 2.57 bits per heavy atom. The predicted octanol–water partition coefficient (Wildman–Crippen LogP) is 1.94. The predicted molar refractivity (Wildman–Crippen MR) is 27.1 cm³/mol. The Morgan fingerprint density at radius 1 is 1.86 bits per heavy atom. The molecule has 0 N–H and O–H groups in total. The van der Waals surface area contributed by atoms with E-state index in [1.165, 1.54) is 0 Å². The first-order valence-corrected chi connectivity index (χ1v) is 2.75. The lowest BCUT2D eigenvalue weighted by atomic mass is 11.0. The van der Waals surface area contributed by atoms with Crippen molar-refractivity contribution in [2.24, 2.45) is 0 Å². The summed E-state index contributed by atoms with van der Waals surface area (Å²) in [7, 11) is 0. The maximum Gasteiger partial charge on any atom is 0.197 e. The number of hydrogen-bond acceptors (Lipinski definition) is 2. The van der Waals surface area contributed by atoms with Crippen molar-refractivity contribution in [3.63, 3.8) is 0 Å². The first-order valence-electron chi connectivity index (χ1n) is 1.56. The van der Waals surface area contributed by atoms with Gasteiger partial charge in [-0.15, -0.1) is 0 Å². The standard InChI is InChI=1S/C3HClFNS/c4-3-6-1-2(5)7-3/h1H. The Hall–Kier alpha value is -0.150.